The number of anilines is 1. The highest BCUT2D eigenvalue weighted by atomic mass is 32.1. The van der Waals surface area contributed by atoms with Crippen LogP contribution in [0.25, 0.3) is 0 Å². The van der Waals surface area contributed by atoms with E-state index in [0.29, 0.717) is 12.8 Å². The Morgan fingerprint density at radius 2 is 1.81 bits per heavy atom. The molecule has 1 aliphatic rings. The summed E-state index contributed by atoms with van der Waals surface area (Å²) in [6.45, 7) is 2.46. The third-order valence-electron chi connectivity index (χ3n) is 5.39. The van der Waals surface area contributed by atoms with Crippen molar-refractivity contribution >= 4 is 28.9 Å². The Morgan fingerprint density at radius 3 is 2.52 bits per heavy atom. The van der Waals surface area contributed by atoms with E-state index in [0.717, 1.165) is 21.9 Å². The number of rotatable bonds is 7. The first-order chi connectivity index (χ1) is 15.1. The van der Waals surface area contributed by atoms with Gasteiger partial charge in [0.15, 0.2) is 0 Å². The summed E-state index contributed by atoms with van der Waals surface area (Å²) in [4.78, 5) is 28.7. The third kappa shape index (κ3) is 4.97. The first-order valence-electron chi connectivity index (χ1n) is 10.4. The summed E-state index contributed by atoms with van der Waals surface area (Å²) in [5, 5.41) is 1.97. The number of aryl methyl sites for hydroxylation is 1. The topological polar surface area (TPSA) is 55.8 Å². The molecule has 0 aliphatic carbocycles. The van der Waals surface area contributed by atoms with E-state index in [9.17, 15) is 9.59 Å². The highest BCUT2D eigenvalue weighted by Crippen LogP contribution is 2.42. The number of amides is 1. The Hall–Kier alpha value is -3.12. The first-order valence-corrected chi connectivity index (χ1v) is 11.3. The highest BCUT2D eigenvalue weighted by molar-refractivity contribution is 7.10. The second-order valence-electron chi connectivity index (χ2n) is 7.53. The zero-order chi connectivity index (χ0) is 21.6. The van der Waals surface area contributed by atoms with Crippen molar-refractivity contribution < 1.29 is 19.1 Å². The quantitative estimate of drug-likeness (QED) is 0.380. The molecule has 1 aromatic heterocycles. The molecule has 2 atom stereocenters. The van der Waals surface area contributed by atoms with Crippen molar-refractivity contribution in [1.82, 2.24) is 0 Å². The van der Waals surface area contributed by atoms with Crippen LogP contribution in [0.15, 0.2) is 72.1 Å². The molecule has 2 heterocycles. The number of hydrogen-bond acceptors (Lipinski definition) is 5. The summed E-state index contributed by atoms with van der Waals surface area (Å²) < 4.78 is 11.2. The van der Waals surface area contributed by atoms with Gasteiger partial charge in [0, 0.05) is 17.0 Å². The number of carbonyl (C=O) groups is 2. The van der Waals surface area contributed by atoms with Crippen LogP contribution >= 0.6 is 11.3 Å². The molecule has 4 rings (SSSR count). The monoisotopic (exact) mass is 435 g/mol. The minimum absolute atomic E-state index is 0.0266. The fourth-order valence-corrected chi connectivity index (χ4v) is 4.74. The lowest BCUT2D eigenvalue weighted by Crippen LogP contribution is -2.45. The Balaban J connectivity index is 1.49. The summed E-state index contributed by atoms with van der Waals surface area (Å²) in [5.74, 6) is 0.0524. The van der Waals surface area contributed by atoms with Crippen molar-refractivity contribution in [2.75, 3.05) is 18.1 Å². The van der Waals surface area contributed by atoms with Crippen LogP contribution in [0.2, 0.25) is 0 Å². The van der Waals surface area contributed by atoms with Gasteiger partial charge in [-0.2, -0.15) is 0 Å². The van der Waals surface area contributed by atoms with E-state index in [1.807, 2.05) is 79.0 Å². The van der Waals surface area contributed by atoms with Crippen LogP contribution in [0.5, 0.6) is 5.75 Å². The van der Waals surface area contributed by atoms with Gasteiger partial charge >= 0.3 is 5.97 Å². The molecule has 1 amide bonds. The maximum atomic E-state index is 13.0. The van der Waals surface area contributed by atoms with Gasteiger partial charge in [0.1, 0.15) is 19.0 Å². The van der Waals surface area contributed by atoms with Gasteiger partial charge in [-0.15, -0.1) is 11.3 Å². The molecule has 3 aromatic rings. The number of nitrogens with zero attached hydrogens (tertiary/aromatic N) is 1. The lowest BCUT2D eigenvalue weighted by Gasteiger charge is -2.39. The summed E-state index contributed by atoms with van der Waals surface area (Å²) >= 11 is 1.55. The van der Waals surface area contributed by atoms with Gasteiger partial charge in [0.2, 0.25) is 5.91 Å². The van der Waals surface area contributed by atoms with Crippen LogP contribution in [0.4, 0.5) is 5.69 Å². The van der Waals surface area contributed by atoms with Crippen LogP contribution in [-0.2, 0) is 14.3 Å². The number of thiophene rings is 1. The molecule has 5 nitrogen and oxygen atoms in total. The molecule has 6 heteroatoms. The Bertz CT molecular complexity index is 1000. The molecule has 31 heavy (non-hydrogen) atoms. The number of para-hydroxylation sites is 1. The standard InChI is InChI=1S/C25H25NO4S/c1-18-9-11-19(12-10-18)26-23(27)14-13-21(24(26)22-8-5-17-31-22)25(28)30-16-15-29-20-6-3-2-4-7-20/h2-12,17,21,24H,13-16H2,1H3. The van der Waals surface area contributed by atoms with Crippen molar-refractivity contribution in [3.05, 3.63) is 82.6 Å². The molecule has 0 N–H and O–H groups in total. The molecule has 1 saturated heterocycles. The normalized spacial score (nSPS) is 18.6. The summed E-state index contributed by atoms with van der Waals surface area (Å²) in [6.07, 6.45) is 0.790. The van der Waals surface area contributed by atoms with Crippen molar-refractivity contribution in [1.29, 1.82) is 0 Å². The first kappa shape index (κ1) is 21.1. The van der Waals surface area contributed by atoms with E-state index >= 15 is 0 Å². The van der Waals surface area contributed by atoms with Crippen LogP contribution in [0.1, 0.15) is 29.3 Å². The maximum absolute atomic E-state index is 13.0. The fraction of sp³-hybridized carbons (Fsp3) is 0.280. The van der Waals surface area contributed by atoms with Gasteiger partial charge < -0.3 is 14.4 Å². The van der Waals surface area contributed by atoms with Gasteiger partial charge in [-0.1, -0.05) is 42.0 Å². The number of ether oxygens (including phenoxy) is 2. The smallest absolute Gasteiger partial charge is 0.311 e. The molecular weight excluding hydrogens is 410 g/mol. The molecule has 0 radical (unpaired) electrons. The van der Waals surface area contributed by atoms with Crippen molar-refractivity contribution in [3.8, 4) is 5.75 Å². The lowest BCUT2D eigenvalue weighted by atomic mass is 9.87. The molecule has 160 valence electrons. The second kappa shape index (κ2) is 9.79. The zero-order valence-electron chi connectivity index (χ0n) is 17.4. The summed E-state index contributed by atoms with van der Waals surface area (Å²) in [5.41, 5.74) is 1.93. The van der Waals surface area contributed by atoms with Crippen molar-refractivity contribution in [2.45, 2.75) is 25.8 Å². The van der Waals surface area contributed by atoms with Gasteiger partial charge in [-0.25, -0.2) is 0 Å². The molecule has 0 spiro atoms. The van der Waals surface area contributed by atoms with Gasteiger partial charge in [0.05, 0.1) is 12.0 Å². The Labute approximate surface area is 186 Å². The number of piperidine rings is 1. The van der Waals surface area contributed by atoms with E-state index in [4.69, 9.17) is 9.47 Å². The SMILES string of the molecule is Cc1ccc(N2C(=O)CCC(C(=O)OCCOc3ccccc3)C2c2cccs2)cc1. The van der Waals surface area contributed by atoms with Crippen molar-refractivity contribution in [2.24, 2.45) is 5.92 Å². The number of benzene rings is 2. The van der Waals surface area contributed by atoms with Crippen molar-refractivity contribution in [3.63, 3.8) is 0 Å². The predicted octanol–water partition coefficient (Wildman–Crippen LogP) is 5.16. The van der Waals surface area contributed by atoms with Crippen LogP contribution < -0.4 is 9.64 Å². The molecule has 1 aliphatic heterocycles. The van der Waals surface area contributed by atoms with Crippen LogP contribution in [-0.4, -0.2) is 25.1 Å². The summed E-state index contributed by atoms with van der Waals surface area (Å²) in [6, 6.07) is 20.8. The van der Waals surface area contributed by atoms with Crippen LogP contribution in [0.3, 0.4) is 0 Å². The summed E-state index contributed by atoms with van der Waals surface area (Å²) in [7, 11) is 0. The average molecular weight is 436 g/mol. The Kier molecular flexibility index (Phi) is 6.67. The molecular formula is C25H25NO4S. The van der Waals surface area contributed by atoms with Gasteiger partial charge in [-0.05, 0) is 49.1 Å². The highest BCUT2D eigenvalue weighted by Gasteiger charge is 2.42. The molecule has 2 aromatic carbocycles. The minimum atomic E-state index is -0.422. The fourth-order valence-electron chi connectivity index (χ4n) is 3.86. The largest absolute Gasteiger partial charge is 0.490 e. The van der Waals surface area contributed by atoms with E-state index in [2.05, 4.69) is 0 Å². The number of hydrogen-bond donors (Lipinski definition) is 0. The molecule has 2 unspecified atom stereocenters. The zero-order valence-corrected chi connectivity index (χ0v) is 18.2. The van der Waals surface area contributed by atoms with E-state index in [1.54, 1.807) is 16.2 Å². The molecule has 0 saturated carbocycles. The van der Waals surface area contributed by atoms with E-state index in [-0.39, 0.29) is 31.1 Å². The predicted molar refractivity (Wildman–Crippen MR) is 121 cm³/mol. The molecule has 0 bridgehead atoms. The average Bonchev–Trinajstić information content (AvgIpc) is 3.32. The second-order valence-corrected chi connectivity index (χ2v) is 8.51. The van der Waals surface area contributed by atoms with E-state index in [1.165, 1.54) is 0 Å². The number of esters is 1. The Morgan fingerprint density at radius 1 is 1.03 bits per heavy atom. The lowest BCUT2D eigenvalue weighted by molar-refractivity contribution is -0.151. The number of carbonyl (C=O) groups excluding carboxylic acids is 2. The van der Waals surface area contributed by atoms with Gasteiger partial charge in [-0.3, -0.25) is 9.59 Å². The third-order valence-corrected chi connectivity index (χ3v) is 6.33. The van der Waals surface area contributed by atoms with Gasteiger partial charge in [0.25, 0.3) is 0 Å². The van der Waals surface area contributed by atoms with Crippen LogP contribution in [0, 0.1) is 12.8 Å². The van der Waals surface area contributed by atoms with E-state index < -0.39 is 5.92 Å². The minimum Gasteiger partial charge on any atom is -0.490 e. The maximum Gasteiger partial charge on any atom is 0.311 e. The molecule has 1 fully saturated rings.